The number of halogens is 2. The van der Waals surface area contributed by atoms with Gasteiger partial charge in [-0.15, -0.1) is 6.58 Å². The molecular weight excluding hydrogens is 319 g/mol. The molecule has 0 aliphatic rings. The minimum Gasteiger partial charge on any atom is -0.481 e. The first kappa shape index (κ1) is 15.2. The van der Waals surface area contributed by atoms with Crippen LogP contribution in [0.5, 0.6) is 5.75 Å². The highest BCUT2D eigenvalue weighted by molar-refractivity contribution is 9.10. The van der Waals surface area contributed by atoms with Gasteiger partial charge in [-0.2, -0.15) is 0 Å². The summed E-state index contributed by atoms with van der Waals surface area (Å²) in [6.45, 7) is 3.19. The van der Waals surface area contributed by atoms with Crippen LogP contribution in [0.1, 0.15) is 0 Å². The summed E-state index contributed by atoms with van der Waals surface area (Å²) in [5, 5.41) is 4.38. The lowest BCUT2D eigenvalue weighted by Crippen LogP contribution is -2.41. The topological polar surface area (TPSA) is 67.4 Å². The Hall–Kier alpha value is -1.89. The van der Waals surface area contributed by atoms with Crippen molar-refractivity contribution in [2.75, 3.05) is 13.2 Å². The molecule has 0 saturated carbocycles. The highest BCUT2D eigenvalue weighted by Gasteiger charge is 2.09. The van der Waals surface area contributed by atoms with E-state index in [1.807, 2.05) is 5.32 Å². The van der Waals surface area contributed by atoms with Crippen LogP contribution in [-0.2, 0) is 4.79 Å². The number of imide groups is 1. The van der Waals surface area contributed by atoms with Crippen molar-refractivity contribution in [3.63, 3.8) is 0 Å². The van der Waals surface area contributed by atoms with Crippen LogP contribution < -0.4 is 15.4 Å². The smallest absolute Gasteiger partial charge is 0.321 e. The first-order valence-corrected chi connectivity index (χ1v) is 6.08. The average molecular weight is 331 g/mol. The van der Waals surface area contributed by atoms with Crippen molar-refractivity contribution in [2.24, 2.45) is 0 Å². The fraction of sp³-hybridized carbons (Fsp3) is 0.167. The van der Waals surface area contributed by atoms with Gasteiger partial charge in [0, 0.05) is 11.0 Å². The molecule has 0 aliphatic carbocycles. The summed E-state index contributed by atoms with van der Waals surface area (Å²) in [6, 6.07) is 3.51. The van der Waals surface area contributed by atoms with Crippen LogP contribution in [0.4, 0.5) is 9.18 Å². The van der Waals surface area contributed by atoms with E-state index >= 15 is 0 Å². The van der Waals surface area contributed by atoms with Crippen LogP contribution in [0, 0.1) is 5.82 Å². The lowest BCUT2D eigenvalue weighted by molar-refractivity contribution is -0.122. The third-order valence-corrected chi connectivity index (χ3v) is 2.41. The van der Waals surface area contributed by atoms with E-state index in [2.05, 4.69) is 27.8 Å². The summed E-state index contributed by atoms with van der Waals surface area (Å²) in [4.78, 5) is 22.4. The molecule has 0 unspecified atom stereocenters. The molecule has 5 nitrogen and oxygen atoms in total. The number of amides is 3. The van der Waals surface area contributed by atoms with Crippen molar-refractivity contribution in [3.05, 3.63) is 41.1 Å². The number of benzene rings is 1. The molecule has 0 spiro atoms. The van der Waals surface area contributed by atoms with E-state index in [0.29, 0.717) is 4.47 Å². The molecule has 0 fully saturated rings. The zero-order chi connectivity index (χ0) is 14.3. The molecule has 102 valence electrons. The molecule has 0 aliphatic heterocycles. The molecule has 19 heavy (non-hydrogen) atoms. The Morgan fingerprint density at radius 2 is 2.21 bits per heavy atom. The quantitative estimate of drug-likeness (QED) is 0.811. The third-order valence-electron chi connectivity index (χ3n) is 1.91. The minimum absolute atomic E-state index is 0.0650. The van der Waals surface area contributed by atoms with Gasteiger partial charge in [0.15, 0.2) is 18.2 Å². The Morgan fingerprint density at radius 3 is 2.84 bits per heavy atom. The van der Waals surface area contributed by atoms with Crippen LogP contribution >= 0.6 is 15.9 Å². The van der Waals surface area contributed by atoms with Crippen molar-refractivity contribution in [1.29, 1.82) is 0 Å². The molecular formula is C12H12BrFN2O3. The van der Waals surface area contributed by atoms with Gasteiger partial charge >= 0.3 is 6.03 Å². The molecule has 0 saturated heterocycles. The van der Waals surface area contributed by atoms with Crippen LogP contribution in [-0.4, -0.2) is 25.1 Å². The van der Waals surface area contributed by atoms with Gasteiger partial charge in [0.2, 0.25) is 0 Å². The number of nitrogens with one attached hydrogen (secondary N) is 2. The lowest BCUT2D eigenvalue weighted by Gasteiger charge is -2.08. The molecule has 1 aromatic carbocycles. The van der Waals surface area contributed by atoms with Gasteiger partial charge in [-0.05, 0) is 18.2 Å². The van der Waals surface area contributed by atoms with Gasteiger partial charge in [0.25, 0.3) is 5.91 Å². The van der Waals surface area contributed by atoms with Crippen molar-refractivity contribution in [1.82, 2.24) is 10.6 Å². The summed E-state index contributed by atoms with van der Waals surface area (Å²) in [6.07, 6.45) is 1.47. The number of hydrogen-bond acceptors (Lipinski definition) is 3. The summed E-state index contributed by atoms with van der Waals surface area (Å²) in [5.74, 6) is -1.34. The number of ether oxygens (including phenoxy) is 1. The van der Waals surface area contributed by atoms with Crippen LogP contribution in [0.15, 0.2) is 35.3 Å². The third kappa shape index (κ3) is 5.52. The zero-order valence-electron chi connectivity index (χ0n) is 9.91. The first-order chi connectivity index (χ1) is 9.02. The standard InChI is InChI=1S/C12H12BrFN2O3/c1-2-5-15-12(18)16-11(17)7-19-10-4-3-8(13)6-9(10)14/h2-4,6H,1,5,7H2,(H2,15,16,17,18). The van der Waals surface area contributed by atoms with E-state index in [1.165, 1.54) is 18.2 Å². The molecule has 0 radical (unpaired) electrons. The van der Waals surface area contributed by atoms with Gasteiger partial charge in [0.05, 0.1) is 0 Å². The Bertz CT molecular complexity index is 494. The number of hydrogen-bond donors (Lipinski definition) is 2. The van der Waals surface area contributed by atoms with Crippen LogP contribution in [0.25, 0.3) is 0 Å². The molecule has 7 heteroatoms. The average Bonchev–Trinajstić information content (AvgIpc) is 2.35. The minimum atomic E-state index is -0.677. The van der Waals surface area contributed by atoms with Gasteiger partial charge in [0.1, 0.15) is 0 Å². The number of carbonyl (C=O) groups excluding carboxylic acids is 2. The Balaban J connectivity index is 2.41. The number of urea groups is 1. The number of carbonyl (C=O) groups is 2. The maximum absolute atomic E-state index is 13.4. The van der Waals surface area contributed by atoms with E-state index in [0.717, 1.165) is 0 Å². The fourth-order valence-corrected chi connectivity index (χ4v) is 1.44. The van der Waals surface area contributed by atoms with E-state index in [-0.39, 0.29) is 12.3 Å². The van der Waals surface area contributed by atoms with Crippen molar-refractivity contribution in [3.8, 4) is 5.75 Å². The van der Waals surface area contributed by atoms with E-state index < -0.39 is 24.4 Å². The highest BCUT2D eigenvalue weighted by Crippen LogP contribution is 2.21. The molecule has 0 heterocycles. The molecule has 0 aromatic heterocycles. The summed E-state index contributed by atoms with van der Waals surface area (Å²) in [7, 11) is 0. The Morgan fingerprint density at radius 1 is 1.47 bits per heavy atom. The lowest BCUT2D eigenvalue weighted by atomic mass is 10.3. The monoisotopic (exact) mass is 330 g/mol. The Kier molecular flexibility index (Phi) is 6.01. The zero-order valence-corrected chi connectivity index (χ0v) is 11.5. The normalized spacial score (nSPS) is 9.58. The molecule has 1 aromatic rings. The molecule has 3 amide bonds. The van der Waals surface area contributed by atoms with Gasteiger partial charge < -0.3 is 10.1 Å². The fourth-order valence-electron chi connectivity index (χ4n) is 1.11. The van der Waals surface area contributed by atoms with Crippen molar-refractivity contribution >= 4 is 27.9 Å². The van der Waals surface area contributed by atoms with Gasteiger partial charge in [-0.25, -0.2) is 9.18 Å². The van der Waals surface area contributed by atoms with Crippen molar-refractivity contribution < 1.29 is 18.7 Å². The van der Waals surface area contributed by atoms with E-state index in [4.69, 9.17) is 4.74 Å². The SMILES string of the molecule is C=CCNC(=O)NC(=O)COc1ccc(Br)cc1F. The first-order valence-electron chi connectivity index (χ1n) is 5.29. The molecule has 0 bridgehead atoms. The molecule has 2 N–H and O–H groups in total. The maximum Gasteiger partial charge on any atom is 0.321 e. The summed E-state index contributed by atoms with van der Waals surface area (Å²) in [5.41, 5.74) is 0. The van der Waals surface area contributed by atoms with Crippen molar-refractivity contribution in [2.45, 2.75) is 0 Å². The predicted molar refractivity (Wildman–Crippen MR) is 71.3 cm³/mol. The second-order valence-corrected chi connectivity index (χ2v) is 4.33. The maximum atomic E-state index is 13.4. The molecule has 0 atom stereocenters. The summed E-state index contributed by atoms with van der Waals surface area (Å²) >= 11 is 3.10. The Labute approximate surface area is 118 Å². The van der Waals surface area contributed by atoms with Crippen LogP contribution in [0.3, 0.4) is 0 Å². The second kappa shape index (κ2) is 7.52. The number of rotatable bonds is 5. The summed E-state index contributed by atoms with van der Waals surface area (Å²) < 4.78 is 18.9. The second-order valence-electron chi connectivity index (χ2n) is 3.41. The largest absolute Gasteiger partial charge is 0.481 e. The predicted octanol–water partition coefficient (Wildman–Crippen LogP) is 1.98. The van der Waals surface area contributed by atoms with Gasteiger partial charge in [-0.1, -0.05) is 22.0 Å². The van der Waals surface area contributed by atoms with E-state index in [1.54, 1.807) is 6.07 Å². The van der Waals surface area contributed by atoms with Crippen LogP contribution in [0.2, 0.25) is 0 Å². The highest BCUT2D eigenvalue weighted by atomic mass is 79.9. The van der Waals surface area contributed by atoms with Gasteiger partial charge in [-0.3, -0.25) is 10.1 Å². The van der Waals surface area contributed by atoms with E-state index in [9.17, 15) is 14.0 Å². The molecule has 1 rings (SSSR count).